The molecule has 2 bridgehead atoms. The molecule has 26 heavy (non-hydrogen) atoms. The zero-order valence-electron chi connectivity index (χ0n) is 13.8. The summed E-state index contributed by atoms with van der Waals surface area (Å²) in [6.07, 6.45) is 1.13. The summed E-state index contributed by atoms with van der Waals surface area (Å²) in [5, 5.41) is 1.43. The van der Waals surface area contributed by atoms with Crippen LogP contribution in [-0.4, -0.2) is 61.1 Å². The number of primary amides is 1. The van der Waals surface area contributed by atoms with Crippen LogP contribution in [0, 0.1) is 0 Å². The fraction of sp³-hybridized carbons (Fsp3) is 0.353. The predicted octanol–water partition coefficient (Wildman–Crippen LogP) is 0.900. The van der Waals surface area contributed by atoms with Gasteiger partial charge in [-0.3, -0.25) is 9.69 Å². The lowest BCUT2D eigenvalue weighted by Crippen LogP contribution is -2.39. The molecule has 1 atom stereocenters. The van der Waals surface area contributed by atoms with Gasteiger partial charge < -0.3 is 24.7 Å². The molecule has 3 heterocycles. The van der Waals surface area contributed by atoms with Crippen molar-refractivity contribution in [3.05, 3.63) is 30.0 Å². The van der Waals surface area contributed by atoms with Crippen molar-refractivity contribution in [3.8, 4) is 11.6 Å². The number of fused-ring (bicyclic) bond motifs is 2. The third-order valence-corrected chi connectivity index (χ3v) is 4.30. The Balaban J connectivity index is 1.74. The lowest BCUT2D eigenvalue weighted by atomic mass is 10.1. The fourth-order valence-electron chi connectivity index (χ4n) is 2.94. The van der Waals surface area contributed by atoms with Gasteiger partial charge in [-0.25, -0.2) is 9.78 Å². The van der Waals surface area contributed by atoms with Gasteiger partial charge in [-0.1, -0.05) is 0 Å². The molecule has 0 spiro atoms. The number of hydrogen-bond acceptors (Lipinski definition) is 7. The highest BCUT2D eigenvalue weighted by Gasteiger charge is 2.34. The van der Waals surface area contributed by atoms with Crippen LogP contribution in [0.15, 0.2) is 24.4 Å². The van der Waals surface area contributed by atoms with Gasteiger partial charge in [0.1, 0.15) is 38.3 Å². The molecule has 9 nitrogen and oxygen atoms in total. The molecule has 1 aromatic heterocycles. The van der Waals surface area contributed by atoms with Crippen molar-refractivity contribution in [2.24, 2.45) is 5.73 Å². The topological polar surface area (TPSA) is 113 Å². The van der Waals surface area contributed by atoms with Crippen LogP contribution >= 0.6 is 0 Å². The summed E-state index contributed by atoms with van der Waals surface area (Å²) in [5.41, 5.74) is 5.74. The van der Waals surface area contributed by atoms with Gasteiger partial charge in [-0.15, -0.1) is 0 Å². The first-order valence-electron chi connectivity index (χ1n) is 8.13. The zero-order chi connectivity index (χ0) is 18.1. The Morgan fingerprint density at radius 1 is 1.19 bits per heavy atom. The summed E-state index contributed by atoms with van der Waals surface area (Å²) in [6, 6.07) is 4.82. The lowest BCUT2D eigenvalue weighted by molar-refractivity contribution is 0.0184. The molecule has 0 saturated carbocycles. The van der Waals surface area contributed by atoms with Gasteiger partial charge in [0, 0.05) is 11.6 Å². The Hall–Kier alpha value is -3.07. The summed E-state index contributed by atoms with van der Waals surface area (Å²) in [5.74, 6) is 0.128. The molecular formula is C17H17N3O6. The van der Waals surface area contributed by atoms with Crippen LogP contribution in [0.5, 0.6) is 11.6 Å². The molecule has 1 aromatic carbocycles. The zero-order valence-corrected chi connectivity index (χ0v) is 13.8. The minimum atomic E-state index is -0.588. The molecule has 136 valence electrons. The third-order valence-electron chi connectivity index (χ3n) is 4.30. The van der Waals surface area contributed by atoms with E-state index in [4.69, 9.17) is 24.7 Å². The summed E-state index contributed by atoms with van der Waals surface area (Å²) < 4.78 is 22.0. The van der Waals surface area contributed by atoms with Gasteiger partial charge in [-0.2, -0.15) is 0 Å². The normalized spacial score (nSPS) is 20.2. The van der Waals surface area contributed by atoms with Crippen molar-refractivity contribution in [2.75, 3.05) is 33.2 Å². The largest absolute Gasteiger partial charge is 0.490 e. The van der Waals surface area contributed by atoms with Crippen molar-refractivity contribution >= 4 is 22.8 Å². The van der Waals surface area contributed by atoms with E-state index in [0.29, 0.717) is 17.0 Å². The van der Waals surface area contributed by atoms with E-state index in [9.17, 15) is 9.59 Å². The second kappa shape index (κ2) is 6.68. The highest BCUT2D eigenvalue weighted by molar-refractivity contribution is 6.01. The number of hydrogen-bond donors (Lipinski definition) is 1. The molecule has 1 fully saturated rings. The summed E-state index contributed by atoms with van der Waals surface area (Å²) in [6.45, 7) is 0.910. The number of amides is 2. The van der Waals surface area contributed by atoms with Crippen molar-refractivity contribution in [3.63, 3.8) is 0 Å². The second-order valence-electron chi connectivity index (χ2n) is 5.95. The average molecular weight is 359 g/mol. The number of carbonyl (C=O) groups is 2. The Labute approximate surface area is 148 Å². The highest BCUT2D eigenvalue weighted by Crippen LogP contribution is 2.31. The van der Waals surface area contributed by atoms with E-state index >= 15 is 0 Å². The summed E-state index contributed by atoms with van der Waals surface area (Å²) in [7, 11) is 0. The lowest BCUT2D eigenvalue weighted by Gasteiger charge is -2.21. The van der Waals surface area contributed by atoms with Gasteiger partial charge in [0.15, 0.2) is 0 Å². The molecule has 0 aliphatic carbocycles. The van der Waals surface area contributed by atoms with Crippen molar-refractivity contribution < 1.29 is 28.5 Å². The molecule has 2 N–H and O–H groups in total. The minimum absolute atomic E-state index is 0.0636. The molecule has 2 aromatic rings. The van der Waals surface area contributed by atoms with Crippen molar-refractivity contribution in [1.29, 1.82) is 0 Å². The molecule has 9 heteroatoms. The van der Waals surface area contributed by atoms with E-state index in [-0.39, 0.29) is 44.8 Å². The maximum atomic E-state index is 11.8. The SMILES string of the molecule is NC(=O)c1cc2ccnc3c2cc1OCCOCN1C(=O)OCC1CO3. The fourth-order valence-corrected chi connectivity index (χ4v) is 2.94. The third kappa shape index (κ3) is 2.97. The molecular weight excluding hydrogens is 342 g/mol. The van der Waals surface area contributed by atoms with E-state index in [1.807, 2.05) is 0 Å². The molecule has 1 saturated heterocycles. The molecule has 0 radical (unpaired) electrons. The monoisotopic (exact) mass is 359 g/mol. The van der Waals surface area contributed by atoms with Crippen molar-refractivity contribution in [1.82, 2.24) is 9.88 Å². The number of cyclic esters (lactones) is 1. The van der Waals surface area contributed by atoms with Crippen LogP contribution < -0.4 is 15.2 Å². The Morgan fingerprint density at radius 2 is 2.04 bits per heavy atom. The number of pyridine rings is 1. The maximum Gasteiger partial charge on any atom is 0.412 e. The molecule has 2 amide bonds. The number of benzene rings is 1. The van der Waals surface area contributed by atoms with Crippen LogP contribution in [0.1, 0.15) is 10.4 Å². The Bertz CT molecular complexity index is 871. The second-order valence-corrected chi connectivity index (χ2v) is 5.95. The maximum absolute atomic E-state index is 11.8. The van der Waals surface area contributed by atoms with Gasteiger partial charge in [0.25, 0.3) is 5.91 Å². The minimum Gasteiger partial charge on any atom is -0.490 e. The van der Waals surface area contributed by atoms with E-state index in [1.165, 1.54) is 4.90 Å². The van der Waals surface area contributed by atoms with Crippen molar-refractivity contribution in [2.45, 2.75) is 6.04 Å². The first-order valence-corrected chi connectivity index (χ1v) is 8.13. The van der Waals surface area contributed by atoms with Crippen LogP contribution in [0.4, 0.5) is 4.79 Å². The summed E-state index contributed by atoms with van der Waals surface area (Å²) in [4.78, 5) is 29.3. The van der Waals surface area contributed by atoms with Gasteiger partial charge >= 0.3 is 6.09 Å². The Kier molecular flexibility index (Phi) is 4.21. The van der Waals surface area contributed by atoms with Crippen LogP contribution in [0.2, 0.25) is 0 Å². The molecule has 4 rings (SSSR count). The van der Waals surface area contributed by atoms with E-state index in [1.54, 1.807) is 24.4 Å². The Morgan fingerprint density at radius 3 is 2.88 bits per heavy atom. The first kappa shape index (κ1) is 16.4. The van der Waals surface area contributed by atoms with Gasteiger partial charge in [0.05, 0.1) is 12.2 Å². The summed E-state index contributed by atoms with van der Waals surface area (Å²) >= 11 is 0. The highest BCUT2D eigenvalue weighted by atomic mass is 16.6. The van der Waals surface area contributed by atoms with Crippen LogP contribution in [0.3, 0.4) is 0 Å². The van der Waals surface area contributed by atoms with E-state index < -0.39 is 12.0 Å². The molecule has 1 unspecified atom stereocenters. The number of ether oxygens (including phenoxy) is 4. The number of aromatic nitrogens is 1. The molecule has 2 aliphatic rings. The first-order chi connectivity index (χ1) is 12.6. The van der Waals surface area contributed by atoms with E-state index in [2.05, 4.69) is 4.98 Å². The van der Waals surface area contributed by atoms with Crippen LogP contribution in [0.25, 0.3) is 10.8 Å². The number of nitrogens with two attached hydrogens (primary N) is 1. The number of nitrogens with zero attached hydrogens (tertiary/aromatic N) is 2. The van der Waals surface area contributed by atoms with Crippen LogP contribution in [-0.2, 0) is 9.47 Å². The average Bonchev–Trinajstić information content (AvgIpc) is 2.98. The predicted molar refractivity (Wildman–Crippen MR) is 89.0 cm³/mol. The standard InChI is InChI=1S/C17H17N3O6/c18-15(21)13-5-10-1-2-19-16-12(10)6-14(13)24-4-3-23-9-20-11(7-25-16)8-26-17(20)22/h1-2,5-6,11H,3-4,7-9H2,(H2,18,21). The van der Waals surface area contributed by atoms with Gasteiger partial charge in [0.2, 0.25) is 5.88 Å². The number of rotatable bonds is 1. The number of carbonyl (C=O) groups excluding carboxylic acids is 2. The molecule has 2 aliphatic heterocycles. The van der Waals surface area contributed by atoms with Gasteiger partial charge in [-0.05, 0) is 23.6 Å². The quantitative estimate of drug-likeness (QED) is 0.805. The van der Waals surface area contributed by atoms with E-state index in [0.717, 1.165) is 5.39 Å². The smallest absolute Gasteiger partial charge is 0.412 e.